The molecule has 1 amide bonds. The van der Waals surface area contributed by atoms with Crippen molar-refractivity contribution in [1.29, 1.82) is 0 Å². The molecule has 1 aliphatic rings. The van der Waals surface area contributed by atoms with Gasteiger partial charge in [0.15, 0.2) is 0 Å². The lowest BCUT2D eigenvalue weighted by Gasteiger charge is -2.32. The smallest absolute Gasteiger partial charge is 0.228 e. The third-order valence-electron chi connectivity index (χ3n) is 5.31. The predicted molar refractivity (Wildman–Crippen MR) is 125 cm³/mol. The van der Waals surface area contributed by atoms with E-state index < -0.39 is 0 Å². The van der Waals surface area contributed by atoms with Gasteiger partial charge in [0.1, 0.15) is 0 Å². The second-order valence-corrected chi connectivity index (χ2v) is 9.15. The average Bonchev–Trinajstić information content (AvgIpc) is 2.78. The van der Waals surface area contributed by atoms with E-state index in [2.05, 4.69) is 40.5 Å². The molecule has 3 aromatic carbocycles. The average molecular weight is 437 g/mol. The summed E-state index contributed by atoms with van der Waals surface area (Å²) in [7, 11) is 0. The highest BCUT2D eigenvalue weighted by Gasteiger charge is 2.26. The second-order valence-electron chi connectivity index (χ2n) is 7.60. The Labute approximate surface area is 187 Å². The van der Waals surface area contributed by atoms with Crippen LogP contribution >= 0.6 is 23.4 Å². The number of hydrogen-bond donors (Lipinski definition) is 1. The normalized spacial score (nSPS) is 16.9. The summed E-state index contributed by atoms with van der Waals surface area (Å²) in [4.78, 5) is 17.6. The van der Waals surface area contributed by atoms with Gasteiger partial charge in [-0.1, -0.05) is 65.8 Å². The van der Waals surface area contributed by atoms with Crippen LogP contribution in [0.15, 0.2) is 88.7 Å². The van der Waals surface area contributed by atoms with Crippen LogP contribution in [-0.2, 0) is 11.3 Å². The molecule has 30 heavy (non-hydrogen) atoms. The quantitative estimate of drug-likeness (QED) is 0.489. The van der Waals surface area contributed by atoms with Gasteiger partial charge < -0.3 is 5.32 Å². The molecule has 3 nitrogen and oxygen atoms in total. The lowest BCUT2D eigenvalue weighted by atomic mass is 9.96. The number of para-hydroxylation sites is 1. The Hall–Kier alpha value is -2.27. The van der Waals surface area contributed by atoms with E-state index in [1.165, 1.54) is 5.56 Å². The summed E-state index contributed by atoms with van der Waals surface area (Å²) in [6, 6.07) is 26.2. The Bertz CT molecular complexity index is 978. The first kappa shape index (κ1) is 21.0. The molecule has 1 saturated heterocycles. The molecule has 1 fully saturated rings. The third kappa shape index (κ3) is 5.66. The Balaban J connectivity index is 1.39. The lowest BCUT2D eigenvalue weighted by molar-refractivity contribution is -0.121. The molecule has 0 radical (unpaired) electrons. The molecule has 0 aliphatic carbocycles. The highest BCUT2D eigenvalue weighted by Crippen LogP contribution is 2.33. The maximum atomic E-state index is 13.1. The number of nitrogens with one attached hydrogen (secondary N) is 1. The van der Waals surface area contributed by atoms with E-state index in [9.17, 15) is 4.79 Å². The van der Waals surface area contributed by atoms with Gasteiger partial charge in [0, 0.05) is 27.9 Å². The summed E-state index contributed by atoms with van der Waals surface area (Å²) >= 11 is 7.66. The van der Waals surface area contributed by atoms with Gasteiger partial charge in [0.2, 0.25) is 5.91 Å². The Morgan fingerprint density at radius 3 is 2.53 bits per heavy atom. The molecule has 0 unspecified atom stereocenters. The molecule has 0 spiro atoms. The van der Waals surface area contributed by atoms with E-state index in [0.29, 0.717) is 0 Å². The molecule has 3 aromatic rings. The van der Waals surface area contributed by atoms with Crippen molar-refractivity contribution in [3.8, 4) is 0 Å². The molecular formula is C25H25ClN2OS. The van der Waals surface area contributed by atoms with Crippen LogP contribution in [0.2, 0.25) is 5.02 Å². The van der Waals surface area contributed by atoms with E-state index in [-0.39, 0.29) is 11.8 Å². The number of amides is 1. The number of rotatable bonds is 6. The van der Waals surface area contributed by atoms with Gasteiger partial charge in [-0.25, -0.2) is 0 Å². The highest BCUT2D eigenvalue weighted by atomic mass is 35.5. The number of nitrogens with zero attached hydrogens (tertiary/aromatic N) is 1. The summed E-state index contributed by atoms with van der Waals surface area (Å²) in [6.45, 7) is 2.65. The summed E-state index contributed by atoms with van der Waals surface area (Å²) < 4.78 is 0. The molecule has 4 rings (SSSR count). The fourth-order valence-electron chi connectivity index (χ4n) is 3.77. The molecule has 1 atom stereocenters. The van der Waals surface area contributed by atoms with Crippen LogP contribution in [0, 0.1) is 5.92 Å². The zero-order chi connectivity index (χ0) is 20.8. The molecule has 0 bridgehead atoms. The number of carbonyl (C=O) groups is 1. The number of piperidine rings is 1. The Morgan fingerprint density at radius 1 is 1.00 bits per heavy atom. The maximum absolute atomic E-state index is 13.1. The van der Waals surface area contributed by atoms with E-state index in [4.69, 9.17) is 11.6 Å². The third-order valence-corrected chi connectivity index (χ3v) is 6.65. The minimum Gasteiger partial charge on any atom is -0.325 e. The Morgan fingerprint density at radius 2 is 1.73 bits per heavy atom. The molecule has 1 aliphatic heterocycles. The van der Waals surface area contributed by atoms with Crippen LogP contribution in [0.4, 0.5) is 5.69 Å². The summed E-state index contributed by atoms with van der Waals surface area (Å²) in [5.41, 5.74) is 2.11. The van der Waals surface area contributed by atoms with Gasteiger partial charge in [-0.15, -0.1) is 0 Å². The van der Waals surface area contributed by atoms with Crippen molar-refractivity contribution < 1.29 is 4.79 Å². The topological polar surface area (TPSA) is 32.3 Å². The van der Waals surface area contributed by atoms with Crippen LogP contribution < -0.4 is 5.32 Å². The number of likely N-dealkylation sites (tertiary alicyclic amines) is 1. The van der Waals surface area contributed by atoms with Crippen molar-refractivity contribution in [3.63, 3.8) is 0 Å². The van der Waals surface area contributed by atoms with Gasteiger partial charge in [-0.3, -0.25) is 9.69 Å². The van der Waals surface area contributed by atoms with Crippen molar-refractivity contribution in [3.05, 3.63) is 89.4 Å². The number of anilines is 1. The highest BCUT2D eigenvalue weighted by molar-refractivity contribution is 7.99. The first-order chi connectivity index (χ1) is 14.7. The molecule has 1 heterocycles. The summed E-state index contributed by atoms with van der Waals surface area (Å²) in [5, 5.41) is 3.94. The van der Waals surface area contributed by atoms with Gasteiger partial charge in [-0.05, 0) is 61.3 Å². The summed E-state index contributed by atoms with van der Waals surface area (Å²) in [6.07, 6.45) is 1.96. The standard InChI is InChI=1S/C25H25ClN2OS/c26-21-14-12-19(13-15-21)17-28-16-6-7-20(18-28)25(29)27-23-10-4-5-11-24(23)30-22-8-2-1-3-9-22/h1-5,8-15,20H,6-7,16-18H2,(H,27,29)/t20-/m1/s1. The predicted octanol–water partition coefficient (Wildman–Crippen LogP) is 6.34. The number of carbonyl (C=O) groups excluding carboxylic acids is 1. The first-order valence-electron chi connectivity index (χ1n) is 10.3. The van der Waals surface area contributed by atoms with Crippen LogP contribution in [0.3, 0.4) is 0 Å². The minimum absolute atomic E-state index is 0.000770. The van der Waals surface area contributed by atoms with Crippen molar-refractivity contribution >= 4 is 35.0 Å². The molecule has 5 heteroatoms. The van der Waals surface area contributed by atoms with E-state index >= 15 is 0 Å². The van der Waals surface area contributed by atoms with Crippen molar-refractivity contribution in [1.82, 2.24) is 4.90 Å². The van der Waals surface area contributed by atoms with Crippen LogP contribution in [0.1, 0.15) is 18.4 Å². The SMILES string of the molecule is O=C(Nc1ccccc1Sc1ccccc1)[C@@H]1CCCN(Cc2ccc(Cl)cc2)C1. The fraction of sp³-hybridized carbons (Fsp3) is 0.240. The Kier molecular flexibility index (Phi) is 7.11. The van der Waals surface area contributed by atoms with E-state index in [0.717, 1.165) is 53.0 Å². The summed E-state index contributed by atoms with van der Waals surface area (Å²) in [5.74, 6) is 0.109. The number of benzene rings is 3. The first-order valence-corrected chi connectivity index (χ1v) is 11.5. The maximum Gasteiger partial charge on any atom is 0.228 e. The number of hydrogen-bond acceptors (Lipinski definition) is 3. The van der Waals surface area contributed by atoms with Crippen molar-refractivity contribution in [2.75, 3.05) is 18.4 Å². The van der Waals surface area contributed by atoms with Gasteiger partial charge >= 0.3 is 0 Å². The number of halogens is 1. The minimum atomic E-state index is 0.000770. The van der Waals surface area contributed by atoms with Crippen LogP contribution in [0.25, 0.3) is 0 Å². The second kappa shape index (κ2) is 10.2. The fourth-order valence-corrected chi connectivity index (χ4v) is 4.82. The zero-order valence-electron chi connectivity index (χ0n) is 16.8. The molecular weight excluding hydrogens is 412 g/mol. The largest absolute Gasteiger partial charge is 0.325 e. The van der Waals surface area contributed by atoms with Crippen molar-refractivity contribution in [2.24, 2.45) is 5.92 Å². The molecule has 0 saturated carbocycles. The van der Waals surface area contributed by atoms with Crippen LogP contribution in [0.5, 0.6) is 0 Å². The lowest BCUT2D eigenvalue weighted by Crippen LogP contribution is -2.40. The van der Waals surface area contributed by atoms with Gasteiger partial charge in [0.05, 0.1) is 11.6 Å². The molecule has 154 valence electrons. The monoisotopic (exact) mass is 436 g/mol. The van der Waals surface area contributed by atoms with Gasteiger partial charge in [0.25, 0.3) is 0 Å². The zero-order valence-corrected chi connectivity index (χ0v) is 18.3. The molecule has 1 N–H and O–H groups in total. The van der Waals surface area contributed by atoms with E-state index in [1.54, 1.807) is 11.8 Å². The molecule has 0 aromatic heterocycles. The van der Waals surface area contributed by atoms with Gasteiger partial charge in [-0.2, -0.15) is 0 Å². The van der Waals surface area contributed by atoms with Crippen molar-refractivity contribution in [2.45, 2.75) is 29.2 Å². The van der Waals surface area contributed by atoms with E-state index in [1.807, 2.05) is 48.5 Å². The van der Waals surface area contributed by atoms with Crippen LogP contribution in [-0.4, -0.2) is 23.9 Å².